The van der Waals surface area contributed by atoms with Crippen LogP contribution in [0, 0.1) is 5.82 Å². The molecule has 3 N–H and O–H groups in total. The van der Waals surface area contributed by atoms with Crippen molar-refractivity contribution >= 4 is 29.3 Å². The number of carboxylic acids is 1. The lowest BCUT2D eigenvalue weighted by Gasteiger charge is -2.13. The highest BCUT2D eigenvalue weighted by molar-refractivity contribution is 6.33. The molecule has 0 radical (unpaired) electrons. The number of hydrogen-bond acceptors (Lipinski definition) is 3. The lowest BCUT2D eigenvalue weighted by Crippen LogP contribution is -2.36. The third-order valence-corrected chi connectivity index (χ3v) is 3.38. The van der Waals surface area contributed by atoms with E-state index in [0.717, 1.165) is 6.07 Å². The van der Waals surface area contributed by atoms with Gasteiger partial charge < -0.3 is 20.5 Å². The first kappa shape index (κ1) is 15.5. The zero-order valence-electron chi connectivity index (χ0n) is 10.9. The molecule has 114 valence electrons. The van der Waals surface area contributed by atoms with Crippen molar-refractivity contribution in [3.05, 3.63) is 29.0 Å². The standard InChI is InChI=1S/C13H14ClFN2O4/c14-9-3-1-7(15)5-10(9)17-13(20)16-6-8-2-4-11(21-8)12(18)19/h1,3,5,8,11H,2,4,6H2,(H,18,19)(H2,16,17,20). The lowest BCUT2D eigenvalue weighted by atomic mass is 10.2. The molecule has 0 aromatic heterocycles. The first-order chi connectivity index (χ1) is 9.95. The number of rotatable bonds is 4. The number of urea groups is 1. The monoisotopic (exact) mass is 316 g/mol. The number of anilines is 1. The smallest absolute Gasteiger partial charge is 0.332 e. The Kier molecular flexibility index (Phi) is 4.98. The predicted octanol–water partition coefficient (Wildman–Crippen LogP) is 2.23. The summed E-state index contributed by atoms with van der Waals surface area (Å²) in [5.41, 5.74) is 0.157. The minimum absolute atomic E-state index is 0.157. The van der Waals surface area contributed by atoms with Crippen molar-refractivity contribution in [1.82, 2.24) is 5.32 Å². The molecular weight excluding hydrogens is 303 g/mol. The Morgan fingerprint density at radius 1 is 1.43 bits per heavy atom. The van der Waals surface area contributed by atoms with Crippen LogP contribution >= 0.6 is 11.6 Å². The van der Waals surface area contributed by atoms with Crippen molar-refractivity contribution in [1.29, 1.82) is 0 Å². The average Bonchev–Trinajstić information content (AvgIpc) is 2.90. The molecule has 1 aromatic carbocycles. The summed E-state index contributed by atoms with van der Waals surface area (Å²) < 4.78 is 18.3. The number of amides is 2. The van der Waals surface area contributed by atoms with Crippen LogP contribution in [0.3, 0.4) is 0 Å². The topological polar surface area (TPSA) is 87.7 Å². The molecule has 2 atom stereocenters. The van der Waals surface area contributed by atoms with E-state index in [1.165, 1.54) is 12.1 Å². The Morgan fingerprint density at radius 3 is 2.86 bits per heavy atom. The van der Waals surface area contributed by atoms with E-state index >= 15 is 0 Å². The Balaban J connectivity index is 1.80. The number of nitrogens with one attached hydrogen (secondary N) is 2. The molecule has 2 unspecified atom stereocenters. The maximum absolute atomic E-state index is 13.0. The summed E-state index contributed by atoms with van der Waals surface area (Å²) in [6, 6.07) is 3.06. The van der Waals surface area contributed by atoms with Crippen molar-refractivity contribution in [2.45, 2.75) is 25.0 Å². The SMILES string of the molecule is O=C(NCC1CCC(C(=O)O)O1)Nc1cc(F)ccc1Cl. The Bertz CT molecular complexity index is 555. The van der Waals surface area contributed by atoms with E-state index in [1.807, 2.05) is 0 Å². The van der Waals surface area contributed by atoms with Gasteiger partial charge >= 0.3 is 12.0 Å². The van der Waals surface area contributed by atoms with Crippen LogP contribution in [0.4, 0.5) is 14.9 Å². The number of ether oxygens (including phenoxy) is 1. The summed E-state index contributed by atoms with van der Waals surface area (Å²) in [5, 5.41) is 13.9. The van der Waals surface area contributed by atoms with E-state index in [0.29, 0.717) is 12.8 Å². The molecule has 0 saturated carbocycles. The molecule has 2 rings (SSSR count). The summed E-state index contributed by atoms with van der Waals surface area (Å²) in [7, 11) is 0. The molecule has 1 aliphatic heterocycles. The Labute approximate surface area is 125 Å². The van der Waals surface area contributed by atoms with Gasteiger partial charge in [-0.05, 0) is 31.0 Å². The van der Waals surface area contributed by atoms with Crippen molar-refractivity contribution in [3.8, 4) is 0 Å². The van der Waals surface area contributed by atoms with E-state index < -0.39 is 23.9 Å². The molecule has 8 heteroatoms. The quantitative estimate of drug-likeness (QED) is 0.795. The third-order valence-electron chi connectivity index (χ3n) is 3.05. The highest BCUT2D eigenvalue weighted by Crippen LogP contribution is 2.22. The molecule has 1 aliphatic rings. The number of carboxylic acid groups (broad SMARTS) is 1. The minimum atomic E-state index is -1.01. The second kappa shape index (κ2) is 6.73. The fourth-order valence-electron chi connectivity index (χ4n) is 2.00. The molecule has 2 amide bonds. The Hall–Kier alpha value is -1.86. The highest BCUT2D eigenvalue weighted by atomic mass is 35.5. The first-order valence-electron chi connectivity index (χ1n) is 6.34. The van der Waals surface area contributed by atoms with Crippen LogP contribution in [0.15, 0.2) is 18.2 Å². The zero-order chi connectivity index (χ0) is 15.4. The van der Waals surface area contributed by atoms with Gasteiger partial charge in [-0.25, -0.2) is 14.0 Å². The van der Waals surface area contributed by atoms with Gasteiger partial charge in [0.25, 0.3) is 0 Å². The molecule has 21 heavy (non-hydrogen) atoms. The number of halogens is 2. The number of hydrogen-bond donors (Lipinski definition) is 3. The van der Waals surface area contributed by atoms with Crippen LogP contribution in [0.2, 0.25) is 5.02 Å². The fourth-order valence-corrected chi connectivity index (χ4v) is 2.17. The number of carbonyl (C=O) groups is 2. The second-order valence-electron chi connectivity index (χ2n) is 4.62. The molecule has 1 saturated heterocycles. The molecule has 0 spiro atoms. The summed E-state index contributed by atoms with van der Waals surface area (Å²) in [6.45, 7) is 0.169. The number of aliphatic carboxylic acids is 1. The van der Waals surface area contributed by atoms with Gasteiger partial charge in [-0.2, -0.15) is 0 Å². The summed E-state index contributed by atoms with van der Waals surface area (Å²) in [6.07, 6.45) is -0.200. The lowest BCUT2D eigenvalue weighted by molar-refractivity contribution is -0.149. The summed E-state index contributed by atoms with van der Waals surface area (Å²) in [5.74, 6) is -1.52. The van der Waals surface area contributed by atoms with Gasteiger partial charge in [0.05, 0.1) is 16.8 Å². The molecule has 1 heterocycles. The van der Waals surface area contributed by atoms with Crippen molar-refractivity contribution < 1.29 is 23.8 Å². The Morgan fingerprint density at radius 2 is 2.19 bits per heavy atom. The fraction of sp³-hybridized carbons (Fsp3) is 0.385. The van der Waals surface area contributed by atoms with Gasteiger partial charge in [0.15, 0.2) is 6.10 Å². The van der Waals surface area contributed by atoms with E-state index in [-0.39, 0.29) is 23.4 Å². The van der Waals surface area contributed by atoms with Crippen LogP contribution in [-0.4, -0.2) is 35.9 Å². The largest absolute Gasteiger partial charge is 0.479 e. The van der Waals surface area contributed by atoms with Gasteiger partial charge in [-0.3, -0.25) is 0 Å². The molecule has 0 bridgehead atoms. The molecule has 1 aromatic rings. The van der Waals surface area contributed by atoms with E-state index in [1.54, 1.807) is 0 Å². The second-order valence-corrected chi connectivity index (χ2v) is 5.03. The van der Waals surface area contributed by atoms with Gasteiger partial charge in [-0.1, -0.05) is 11.6 Å². The van der Waals surface area contributed by atoms with Crippen molar-refractivity contribution in [2.24, 2.45) is 0 Å². The molecular formula is C13H14ClFN2O4. The third kappa shape index (κ3) is 4.30. The van der Waals surface area contributed by atoms with Gasteiger partial charge in [0, 0.05) is 6.54 Å². The van der Waals surface area contributed by atoms with Gasteiger partial charge in [0.1, 0.15) is 5.82 Å². The predicted molar refractivity (Wildman–Crippen MR) is 74.0 cm³/mol. The van der Waals surface area contributed by atoms with Crippen LogP contribution in [0.1, 0.15) is 12.8 Å². The van der Waals surface area contributed by atoms with Crippen LogP contribution in [0.5, 0.6) is 0 Å². The zero-order valence-corrected chi connectivity index (χ0v) is 11.7. The van der Waals surface area contributed by atoms with Crippen LogP contribution in [0.25, 0.3) is 0 Å². The van der Waals surface area contributed by atoms with Crippen LogP contribution < -0.4 is 10.6 Å². The first-order valence-corrected chi connectivity index (χ1v) is 6.71. The van der Waals surface area contributed by atoms with E-state index in [2.05, 4.69) is 10.6 Å². The molecule has 6 nitrogen and oxygen atoms in total. The normalized spacial score (nSPS) is 21.0. The van der Waals surface area contributed by atoms with Crippen molar-refractivity contribution in [2.75, 3.05) is 11.9 Å². The van der Waals surface area contributed by atoms with Gasteiger partial charge in [0.2, 0.25) is 0 Å². The number of carbonyl (C=O) groups excluding carboxylic acids is 1. The highest BCUT2D eigenvalue weighted by Gasteiger charge is 2.30. The average molecular weight is 317 g/mol. The summed E-state index contributed by atoms with van der Waals surface area (Å²) >= 11 is 5.82. The van der Waals surface area contributed by atoms with E-state index in [4.69, 9.17) is 21.4 Å². The van der Waals surface area contributed by atoms with Gasteiger partial charge in [-0.15, -0.1) is 0 Å². The van der Waals surface area contributed by atoms with E-state index in [9.17, 15) is 14.0 Å². The van der Waals surface area contributed by atoms with Crippen LogP contribution in [-0.2, 0) is 9.53 Å². The maximum Gasteiger partial charge on any atom is 0.332 e. The summed E-state index contributed by atoms with van der Waals surface area (Å²) in [4.78, 5) is 22.4. The molecule has 1 fully saturated rings. The maximum atomic E-state index is 13.0. The molecule has 0 aliphatic carbocycles. The minimum Gasteiger partial charge on any atom is -0.479 e. The van der Waals surface area contributed by atoms with Crippen molar-refractivity contribution in [3.63, 3.8) is 0 Å². The number of benzene rings is 1.